The van der Waals surface area contributed by atoms with Gasteiger partial charge in [-0.3, -0.25) is 0 Å². The zero-order valence-electron chi connectivity index (χ0n) is 23.8. The van der Waals surface area contributed by atoms with E-state index in [-0.39, 0.29) is 23.6 Å². The summed E-state index contributed by atoms with van der Waals surface area (Å²) in [5.41, 5.74) is 9.73. The summed E-state index contributed by atoms with van der Waals surface area (Å²) in [5, 5.41) is 9.77. The number of nitrogens with one attached hydrogen (secondary N) is 3. The number of halogens is 4. The highest BCUT2D eigenvalue weighted by molar-refractivity contribution is 5.75. The monoisotopic (exact) mass is 573 g/mol. The molecule has 0 saturated carbocycles. The molecule has 0 spiro atoms. The predicted octanol–water partition coefficient (Wildman–Crippen LogP) is 6.19. The normalized spacial score (nSPS) is 14.7. The maximum atomic E-state index is 14.8. The number of piperazine rings is 1. The fourth-order valence-electron chi connectivity index (χ4n) is 5.37. The zero-order chi connectivity index (χ0) is 29.6. The van der Waals surface area contributed by atoms with E-state index in [2.05, 4.69) is 20.9 Å². The van der Waals surface area contributed by atoms with E-state index in [0.717, 1.165) is 49.4 Å². The average Bonchev–Trinajstić information content (AvgIpc) is 2.94. The number of para-hydroxylation sites is 2. The van der Waals surface area contributed by atoms with Crippen molar-refractivity contribution >= 4 is 17.1 Å². The lowest BCUT2D eigenvalue weighted by atomic mass is 9.94. The van der Waals surface area contributed by atoms with Gasteiger partial charge >= 0.3 is 6.18 Å². The number of anilines is 3. The van der Waals surface area contributed by atoms with Gasteiger partial charge in [-0.15, -0.1) is 0 Å². The van der Waals surface area contributed by atoms with Crippen LogP contribution in [-0.2, 0) is 23.9 Å². The van der Waals surface area contributed by atoms with E-state index >= 15 is 0 Å². The fourth-order valence-corrected chi connectivity index (χ4v) is 5.37. The molecule has 0 radical (unpaired) electrons. The van der Waals surface area contributed by atoms with Gasteiger partial charge in [-0.25, -0.2) is 4.39 Å². The number of aryl methyl sites for hydroxylation is 1. The SMILES string of the molecule is CCCNc1c(F)cccc1Cc1cccc(N2CCNCC2)c1NC(N)c1ccc(C)c(COC)c1C(F)(F)F. The van der Waals surface area contributed by atoms with E-state index in [1.54, 1.807) is 19.1 Å². The molecule has 1 aliphatic heterocycles. The predicted molar refractivity (Wildman–Crippen MR) is 157 cm³/mol. The Balaban J connectivity index is 1.80. The minimum absolute atomic E-state index is 0.0627. The maximum Gasteiger partial charge on any atom is 0.417 e. The number of methoxy groups -OCH3 is 1. The first-order chi connectivity index (χ1) is 19.7. The molecular formula is C31H39F4N5O. The average molecular weight is 574 g/mol. The number of hydrogen-bond donors (Lipinski definition) is 4. The van der Waals surface area contributed by atoms with Gasteiger partial charge in [-0.2, -0.15) is 13.2 Å². The molecular weight excluding hydrogens is 534 g/mol. The molecule has 10 heteroatoms. The molecule has 41 heavy (non-hydrogen) atoms. The van der Waals surface area contributed by atoms with Gasteiger partial charge < -0.3 is 31.3 Å². The molecule has 0 aliphatic carbocycles. The number of rotatable bonds is 11. The van der Waals surface area contributed by atoms with E-state index in [1.807, 2.05) is 31.2 Å². The van der Waals surface area contributed by atoms with Crippen LogP contribution in [-0.4, -0.2) is 39.8 Å². The van der Waals surface area contributed by atoms with Crippen LogP contribution >= 0.6 is 0 Å². The van der Waals surface area contributed by atoms with Gasteiger partial charge in [0.25, 0.3) is 0 Å². The van der Waals surface area contributed by atoms with Crippen LogP contribution in [0.15, 0.2) is 48.5 Å². The third-order valence-corrected chi connectivity index (χ3v) is 7.41. The fraction of sp³-hybridized carbons (Fsp3) is 0.419. The van der Waals surface area contributed by atoms with E-state index < -0.39 is 17.9 Å². The van der Waals surface area contributed by atoms with Gasteiger partial charge in [0.05, 0.1) is 29.2 Å². The first-order valence-electron chi connectivity index (χ1n) is 13.9. The first kappa shape index (κ1) is 30.6. The van der Waals surface area contributed by atoms with Crippen molar-refractivity contribution < 1.29 is 22.3 Å². The molecule has 1 saturated heterocycles. The third-order valence-electron chi connectivity index (χ3n) is 7.41. The third kappa shape index (κ3) is 7.12. The summed E-state index contributed by atoms with van der Waals surface area (Å²) in [4.78, 5) is 2.19. The molecule has 4 rings (SSSR count). The van der Waals surface area contributed by atoms with Crippen molar-refractivity contribution in [3.63, 3.8) is 0 Å². The van der Waals surface area contributed by atoms with Gasteiger partial charge in [0.1, 0.15) is 12.0 Å². The van der Waals surface area contributed by atoms with E-state index in [0.29, 0.717) is 29.9 Å². The quantitative estimate of drug-likeness (QED) is 0.162. The molecule has 1 aliphatic rings. The van der Waals surface area contributed by atoms with Crippen LogP contribution < -0.4 is 26.6 Å². The lowest BCUT2D eigenvalue weighted by Gasteiger charge is -2.33. The number of alkyl halides is 3. The van der Waals surface area contributed by atoms with Gasteiger partial charge in [-0.05, 0) is 47.7 Å². The zero-order valence-corrected chi connectivity index (χ0v) is 23.8. The molecule has 3 aromatic carbocycles. The standard InChI is InChI=1S/C31H39F4N5O/c1-4-13-38-28-21(7-5-9-25(28)32)18-22-8-6-10-26(40-16-14-37-15-17-40)29(22)39-30(36)23-12-11-20(2)24(19-41-3)27(23)31(33,34)35/h5-12,30,37-39H,4,13-19,36H2,1-3H3. The Kier molecular flexibility index (Phi) is 10.1. The van der Waals surface area contributed by atoms with Crippen LogP contribution in [0.5, 0.6) is 0 Å². The van der Waals surface area contributed by atoms with Crippen LogP contribution in [0.4, 0.5) is 34.6 Å². The van der Waals surface area contributed by atoms with Crippen molar-refractivity contribution in [1.29, 1.82) is 0 Å². The molecule has 1 atom stereocenters. The topological polar surface area (TPSA) is 74.6 Å². The highest BCUT2D eigenvalue weighted by atomic mass is 19.4. The number of ether oxygens (including phenoxy) is 1. The molecule has 5 N–H and O–H groups in total. The van der Waals surface area contributed by atoms with Crippen molar-refractivity contribution in [3.8, 4) is 0 Å². The number of nitrogens with two attached hydrogens (primary N) is 1. The minimum Gasteiger partial charge on any atom is -0.382 e. The van der Waals surface area contributed by atoms with E-state index in [4.69, 9.17) is 10.5 Å². The molecule has 3 aromatic rings. The molecule has 0 bridgehead atoms. The van der Waals surface area contributed by atoms with E-state index in [9.17, 15) is 17.6 Å². The van der Waals surface area contributed by atoms with Crippen LogP contribution in [0, 0.1) is 12.7 Å². The van der Waals surface area contributed by atoms with Gasteiger partial charge in [0.15, 0.2) is 0 Å². The van der Waals surface area contributed by atoms with Gasteiger partial charge in [0, 0.05) is 51.8 Å². The Labute approximate surface area is 239 Å². The summed E-state index contributed by atoms with van der Waals surface area (Å²) in [6, 6.07) is 13.8. The Hall–Kier alpha value is -3.34. The summed E-state index contributed by atoms with van der Waals surface area (Å²) in [7, 11) is 1.37. The molecule has 1 fully saturated rings. The Morgan fingerprint density at radius 3 is 2.37 bits per heavy atom. The number of benzene rings is 3. The Bertz CT molecular complexity index is 1320. The summed E-state index contributed by atoms with van der Waals surface area (Å²) >= 11 is 0. The van der Waals surface area contributed by atoms with Crippen molar-refractivity contribution in [2.75, 3.05) is 55.4 Å². The maximum absolute atomic E-state index is 14.8. The lowest BCUT2D eigenvalue weighted by molar-refractivity contribution is -0.139. The van der Waals surface area contributed by atoms with Gasteiger partial charge in [-0.1, -0.05) is 43.3 Å². The largest absolute Gasteiger partial charge is 0.417 e. The summed E-state index contributed by atoms with van der Waals surface area (Å²) in [6.45, 7) is 7.08. The molecule has 6 nitrogen and oxygen atoms in total. The summed E-state index contributed by atoms with van der Waals surface area (Å²) in [5.74, 6) is -0.347. The van der Waals surface area contributed by atoms with Crippen molar-refractivity contribution in [3.05, 3.63) is 87.7 Å². The lowest BCUT2D eigenvalue weighted by Crippen LogP contribution is -2.44. The Morgan fingerprint density at radius 1 is 1.02 bits per heavy atom. The van der Waals surface area contributed by atoms with Crippen molar-refractivity contribution in [2.24, 2.45) is 5.73 Å². The van der Waals surface area contributed by atoms with E-state index in [1.165, 1.54) is 19.2 Å². The summed E-state index contributed by atoms with van der Waals surface area (Å²) < 4.78 is 63.3. The minimum atomic E-state index is -4.63. The number of hydrogen-bond acceptors (Lipinski definition) is 6. The second-order valence-corrected chi connectivity index (χ2v) is 10.3. The molecule has 0 aromatic heterocycles. The van der Waals surface area contributed by atoms with Crippen molar-refractivity contribution in [1.82, 2.24) is 5.32 Å². The van der Waals surface area contributed by atoms with Crippen molar-refractivity contribution in [2.45, 2.75) is 45.6 Å². The summed E-state index contributed by atoms with van der Waals surface area (Å²) in [6.07, 6.45) is -4.61. The Morgan fingerprint density at radius 2 is 1.71 bits per heavy atom. The molecule has 1 unspecified atom stereocenters. The smallest absolute Gasteiger partial charge is 0.382 e. The van der Waals surface area contributed by atoms with Crippen LogP contribution in [0.3, 0.4) is 0 Å². The molecule has 1 heterocycles. The van der Waals surface area contributed by atoms with Crippen LogP contribution in [0.2, 0.25) is 0 Å². The molecule has 0 amide bonds. The molecule has 222 valence electrons. The highest BCUT2D eigenvalue weighted by Crippen LogP contribution is 2.40. The van der Waals surface area contributed by atoms with Gasteiger partial charge in [0.2, 0.25) is 0 Å². The second-order valence-electron chi connectivity index (χ2n) is 10.3. The number of nitrogens with zero attached hydrogens (tertiary/aromatic N) is 1. The van der Waals surface area contributed by atoms with Crippen LogP contribution in [0.1, 0.15) is 52.9 Å². The van der Waals surface area contributed by atoms with Crippen LogP contribution in [0.25, 0.3) is 0 Å². The first-order valence-corrected chi connectivity index (χ1v) is 13.9. The highest BCUT2D eigenvalue weighted by Gasteiger charge is 2.38. The second kappa shape index (κ2) is 13.5.